The van der Waals surface area contributed by atoms with Gasteiger partial charge in [0.05, 0.1) is 6.54 Å². The van der Waals surface area contributed by atoms with Crippen LogP contribution in [-0.2, 0) is 4.79 Å². The summed E-state index contributed by atoms with van der Waals surface area (Å²) in [6.45, 7) is 3.92. The number of benzene rings is 2. The number of anilines is 3. The Kier molecular flexibility index (Phi) is 5.33. The van der Waals surface area contributed by atoms with Crippen LogP contribution >= 0.6 is 0 Å². The van der Waals surface area contributed by atoms with E-state index in [0.29, 0.717) is 11.3 Å². The van der Waals surface area contributed by atoms with Crippen molar-refractivity contribution in [2.24, 2.45) is 0 Å². The van der Waals surface area contributed by atoms with Crippen LogP contribution in [0.5, 0.6) is 0 Å². The van der Waals surface area contributed by atoms with Crippen molar-refractivity contribution in [2.75, 3.05) is 35.2 Å². The van der Waals surface area contributed by atoms with Crippen molar-refractivity contribution in [3.63, 3.8) is 0 Å². The highest BCUT2D eigenvalue weighted by Gasteiger charge is 2.12. The third-order valence-electron chi connectivity index (χ3n) is 4.34. The molecule has 0 aromatic heterocycles. The van der Waals surface area contributed by atoms with Crippen molar-refractivity contribution in [3.05, 3.63) is 54.1 Å². The zero-order valence-electron chi connectivity index (χ0n) is 14.4. The number of hydrogen-bond acceptors (Lipinski definition) is 4. The van der Waals surface area contributed by atoms with Gasteiger partial charge in [-0.1, -0.05) is 12.1 Å². The van der Waals surface area contributed by atoms with E-state index in [9.17, 15) is 9.59 Å². The molecule has 2 N–H and O–H groups in total. The van der Waals surface area contributed by atoms with Crippen LogP contribution in [0.1, 0.15) is 30.1 Å². The van der Waals surface area contributed by atoms with E-state index in [0.717, 1.165) is 18.8 Å². The summed E-state index contributed by atoms with van der Waals surface area (Å²) in [7, 11) is 0. The Labute approximate surface area is 148 Å². The first kappa shape index (κ1) is 17.0. The number of nitrogens with one attached hydrogen (secondary N) is 2. The molecule has 0 spiro atoms. The summed E-state index contributed by atoms with van der Waals surface area (Å²) >= 11 is 0. The van der Waals surface area contributed by atoms with E-state index in [1.165, 1.54) is 25.5 Å². The molecule has 1 fully saturated rings. The van der Waals surface area contributed by atoms with Gasteiger partial charge >= 0.3 is 0 Å². The molecule has 0 radical (unpaired) electrons. The molecule has 2 aromatic rings. The predicted molar refractivity (Wildman–Crippen MR) is 101 cm³/mol. The molecule has 5 heteroatoms. The molecule has 1 amide bonds. The van der Waals surface area contributed by atoms with Crippen LogP contribution in [0, 0.1) is 0 Å². The molecule has 0 aliphatic carbocycles. The summed E-state index contributed by atoms with van der Waals surface area (Å²) in [6.07, 6.45) is 2.51. The highest BCUT2D eigenvalue weighted by atomic mass is 16.2. The summed E-state index contributed by atoms with van der Waals surface area (Å²) in [4.78, 5) is 25.8. The number of amides is 1. The van der Waals surface area contributed by atoms with Gasteiger partial charge in [-0.3, -0.25) is 9.59 Å². The number of rotatable bonds is 6. The first-order valence-corrected chi connectivity index (χ1v) is 8.61. The van der Waals surface area contributed by atoms with Gasteiger partial charge in [-0.2, -0.15) is 0 Å². The quantitative estimate of drug-likeness (QED) is 0.792. The summed E-state index contributed by atoms with van der Waals surface area (Å²) in [5, 5.41) is 5.92. The molecule has 0 unspecified atom stereocenters. The molecule has 0 saturated carbocycles. The standard InChI is InChI=1S/C20H23N3O2/c1-15(24)16-5-4-6-18(13-16)22-20(25)14-21-17-7-9-19(10-8-17)23-11-2-3-12-23/h4-10,13,21H,2-3,11-12,14H2,1H3,(H,22,25). The van der Waals surface area contributed by atoms with E-state index in [4.69, 9.17) is 0 Å². The zero-order valence-corrected chi connectivity index (χ0v) is 14.4. The normalized spacial score (nSPS) is 13.6. The van der Waals surface area contributed by atoms with Gasteiger partial charge in [-0.25, -0.2) is 0 Å². The first-order valence-electron chi connectivity index (χ1n) is 8.61. The monoisotopic (exact) mass is 337 g/mol. The maximum atomic E-state index is 12.1. The lowest BCUT2D eigenvalue weighted by atomic mass is 10.1. The van der Waals surface area contributed by atoms with Crippen molar-refractivity contribution >= 4 is 28.8 Å². The molecular weight excluding hydrogens is 314 g/mol. The third-order valence-corrected chi connectivity index (χ3v) is 4.34. The Morgan fingerprint density at radius 1 is 1.00 bits per heavy atom. The molecule has 1 aliphatic rings. The minimum Gasteiger partial charge on any atom is -0.376 e. The van der Waals surface area contributed by atoms with E-state index in [2.05, 4.69) is 27.7 Å². The molecule has 2 aromatic carbocycles. The fraction of sp³-hybridized carbons (Fsp3) is 0.300. The van der Waals surface area contributed by atoms with Gasteiger partial charge in [-0.15, -0.1) is 0 Å². The SMILES string of the molecule is CC(=O)c1cccc(NC(=O)CNc2ccc(N3CCCC3)cc2)c1. The lowest BCUT2D eigenvalue weighted by Crippen LogP contribution is -2.22. The number of hydrogen-bond donors (Lipinski definition) is 2. The number of ketones is 1. The van der Waals surface area contributed by atoms with Gasteiger partial charge in [0.1, 0.15) is 0 Å². The molecule has 3 rings (SSSR count). The van der Waals surface area contributed by atoms with Crippen molar-refractivity contribution in [3.8, 4) is 0 Å². The molecule has 25 heavy (non-hydrogen) atoms. The largest absolute Gasteiger partial charge is 0.376 e. The van der Waals surface area contributed by atoms with Gasteiger partial charge in [-0.05, 0) is 56.2 Å². The highest BCUT2D eigenvalue weighted by Crippen LogP contribution is 2.22. The minimum absolute atomic E-state index is 0.0210. The van der Waals surface area contributed by atoms with Crippen LogP contribution < -0.4 is 15.5 Å². The van der Waals surface area contributed by atoms with Crippen LogP contribution in [-0.4, -0.2) is 31.3 Å². The highest BCUT2D eigenvalue weighted by molar-refractivity contribution is 5.98. The first-order chi connectivity index (χ1) is 12.1. The fourth-order valence-electron chi connectivity index (χ4n) is 2.97. The maximum absolute atomic E-state index is 12.1. The number of Topliss-reactive ketones (excluding diaryl/α,β-unsaturated/α-hetero) is 1. The summed E-state index contributed by atoms with van der Waals surface area (Å²) in [6, 6.07) is 15.1. The summed E-state index contributed by atoms with van der Waals surface area (Å²) in [5.41, 5.74) is 3.36. The average molecular weight is 337 g/mol. The van der Waals surface area contributed by atoms with Gasteiger partial charge in [0.25, 0.3) is 0 Å². The number of carbonyl (C=O) groups is 2. The van der Waals surface area contributed by atoms with Crippen LogP contribution in [0.15, 0.2) is 48.5 Å². The molecular formula is C20H23N3O2. The van der Waals surface area contributed by atoms with Crippen molar-refractivity contribution in [1.82, 2.24) is 0 Å². The Morgan fingerprint density at radius 2 is 1.72 bits per heavy atom. The Hall–Kier alpha value is -2.82. The number of nitrogens with zero attached hydrogens (tertiary/aromatic N) is 1. The van der Waals surface area contributed by atoms with Crippen LogP contribution in [0.3, 0.4) is 0 Å². The Morgan fingerprint density at radius 3 is 2.40 bits per heavy atom. The Balaban J connectivity index is 1.52. The smallest absolute Gasteiger partial charge is 0.243 e. The lowest BCUT2D eigenvalue weighted by molar-refractivity contribution is -0.114. The second-order valence-corrected chi connectivity index (χ2v) is 6.28. The zero-order chi connectivity index (χ0) is 17.6. The molecule has 1 heterocycles. The lowest BCUT2D eigenvalue weighted by Gasteiger charge is -2.18. The van der Waals surface area contributed by atoms with Crippen molar-refractivity contribution in [1.29, 1.82) is 0 Å². The molecule has 1 saturated heterocycles. The van der Waals surface area contributed by atoms with Crippen molar-refractivity contribution in [2.45, 2.75) is 19.8 Å². The molecule has 0 bridgehead atoms. The second-order valence-electron chi connectivity index (χ2n) is 6.28. The third kappa shape index (κ3) is 4.59. The van der Waals surface area contributed by atoms with Crippen LogP contribution in [0.25, 0.3) is 0 Å². The molecule has 5 nitrogen and oxygen atoms in total. The van der Waals surface area contributed by atoms with Crippen molar-refractivity contribution < 1.29 is 9.59 Å². The van der Waals surface area contributed by atoms with Gasteiger partial charge in [0, 0.05) is 35.7 Å². The van der Waals surface area contributed by atoms with Gasteiger partial charge < -0.3 is 15.5 Å². The van der Waals surface area contributed by atoms with Crippen LogP contribution in [0.2, 0.25) is 0 Å². The molecule has 130 valence electrons. The summed E-state index contributed by atoms with van der Waals surface area (Å²) < 4.78 is 0. The van der Waals surface area contributed by atoms with E-state index >= 15 is 0 Å². The van der Waals surface area contributed by atoms with E-state index in [1.807, 2.05) is 12.1 Å². The average Bonchev–Trinajstić information content (AvgIpc) is 3.15. The second kappa shape index (κ2) is 7.83. The predicted octanol–water partition coefficient (Wildman–Crippen LogP) is 3.54. The molecule has 0 atom stereocenters. The fourth-order valence-corrected chi connectivity index (χ4v) is 2.97. The van der Waals surface area contributed by atoms with E-state index < -0.39 is 0 Å². The topological polar surface area (TPSA) is 61.4 Å². The summed E-state index contributed by atoms with van der Waals surface area (Å²) in [5.74, 6) is -0.170. The van der Waals surface area contributed by atoms with E-state index in [-0.39, 0.29) is 18.2 Å². The maximum Gasteiger partial charge on any atom is 0.243 e. The van der Waals surface area contributed by atoms with Gasteiger partial charge in [0.15, 0.2) is 5.78 Å². The molecule has 1 aliphatic heterocycles. The van der Waals surface area contributed by atoms with Crippen LogP contribution in [0.4, 0.5) is 17.1 Å². The minimum atomic E-state index is -0.149. The number of carbonyl (C=O) groups excluding carboxylic acids is 2. The van der Waals surface area contributed by atoms with E-state index in [1.54, 1.807) is 24.3 Å². The van der Waals surface area contributed by atoms with Gasteiger partial charge in [0.2, 0.25) is 5.91 Å². The Bertz CT molecular complexity index is 750.